The van der Waals surface area contributed by atoms with E-state index in [0.717, 1.165) is 4.31 Å². The van der Waals surface area contributed by atoms with Gasteiger partial charge in [0.05, 0.1) is 27.0 Å². The molecule has 2 amide bonds. The molecule has 13 heteroatoms. The quantitative estimate of drug-likeness (QED) is 0.354. The zero-order chi connectivity index (χ0) is 30.4. The highest BCUT2D eigenvalue weighted by molar-refractivity contribution is 7.93. The van der Waals surface area contributed by atoms with Crippen LogP contribution in [0.3, 0.4) is 0 Å². The van der Waals surface area contributed by atoms with E-state index in [9.17, 15) is 13.2 Å². The van der Waals surface area contributed by atoms with E-state index >= 15 is 4.79 Å². The lowest BCUT2D eigenvalue weighted by Gasteiger charge is -2.41. The molecule has 2 atom stereocenters. The number of nitrogens with zero attached hydrogens (tertiary/aromatic N) is 4. The van der Waals surface area contributed by atoms with E-state index in [4.69, 9.17) is 25.8 Å². The van der Waals surface area contributed by atoms with Crippen LogP contribution >= 0.6 is 11.6 Å². The molecule has 0 spiro atoms. The van der Waals surface area contributed by atoms with E-state index in [2.05, 4.69) is 4.98 Å². The smallest absolute Gasteiger partial charge is 0.274 e. The summed E-state index contributed by atoms with van der Waals surface area (Å²) in [6.07, 6.45) is 4.95. The highest BCUT2D eigenvalue weighted by Crippen LogP contribution is 2.54. The highest BCUT2D eigenvalue weighted by atomic mass is 35.5. The number of carbonyl (C=O) groups excluding carboxylic acids is 2. The van der Waals surface area contributed by atoms with Crippen LogP contribution in [0.25, 0.3) is 0 Å². The number of rotatable bonds is 8. The molecule has 11 nitrogen and oxygen atoms in total. The molecule has 2 aromatic carbocycles. The van der Waals surface area contributed by atoms with Gasteiger partial charge in [0.15, 0.2) is 5.54 Å². The van der Waals surface area contributed by atoms with Crippen molar-refractivity contribution in [2.75, 3.05) is 46.3 Å². The van der Waals surface area contributed by atoms with Crippen LogP contribution in [0, 0.1) is 0 Å². The summed E-state index contributed by atoms with van der Waals surface area (Å²) in [6.45, 7) is 0.139. The molecule has 3 heterocycles. The van der Waals surface area contributed by atoms with Crippen molar-refractivity contribution in [2.24, 2.45) is 0 Å². The molecule has 0 fully saturated rings. The van der Waals surface area contributed by atoms with Crippen LogP contribution < -0.4 is 18.5 Å². The molecule has 0 N–H and O–H groups in total. The molecule has 0 bridgehead atoms. The van der Waals surface area contributed by atoms with Crippen molar-refractivity contribution in [3.05, 3.63) is 83.0 Å². The predicted molar refractivity (Wildman–Crippen MR) is 156 cm³/mol. The lowest BCUT2D eigenvalue weighted by Crippen LogP contribution is -2.59. The number of aromatic nitrogens is 1. The van der Waals surface area contributed by atoms with Crippen LogP contribution in [0.5, 0.6) is 17.4 Å². The molecule has 220 valence electrons. The summed E-state index contributed by atoms with van der Waals surface area (Å²) in [5.74, 6) is -0.725. The second kappa shape index (κ2) is 10.9. The number of amides is 2. The molecular weight excluding hydrogens is 584 g/mol. The highest BCUT2D eigenvalue weighted by Gasteiger charge is 2.63. The molecule has 5 rings (SSSR count). The summed E-state index contributed by atoms with van der Waals surface area (Å²) in [5.41, 5.74) is -1.31. The Hall–Kier alpha value is -4.13. The van der Waals surface area contributed by atoms with Crippen LogP contribution in [-0.2, 0) is 25.2 Å². The Morgan fingerprint density at radius 1 is 1.05 bits per heavy atom. The van der Waals surface area contributed by atoms with Gasteiger partial charge in [-0.3, -0.25) is 14.5 Å². The normalized spacial score (nSPS) is 20.0. The number of benzene rings is 2. The van der Waals surface area contributed by atoms with E-state index in [1.807, 2.05) is 0 Å². The molecule has 0 saturated carbocycles. The minimum atomic E-state index is -4.61. The first-order chi connectivity index (χ1) is 20.0. The number of sulfonamides is 1. The average Bonchev–Trinajstić information content (AvgIpc) is 3.57. The van der Waals surface area contributed by atoms with Gasteiger partial charge in [0, 0.05) is 49.1 Å². The van der Waals surface area contributed by atoms with Crippen molar-refractivity contribution in [2.45, 2.75) is 16.5 Å². The van der Waals surface area contributed by atoms with Crippen molar-refractivity contribution >= 4 is 39.1 Å². The van der Waals surface area contributed by atoms with Gasteiger partial charge in [0.2, 0.25) is 11.8 Å². The Kier molecular flexibility index (Phi) is 7.64. The fraction of sp³-hybridized carbons (Fsp3) is 0.276. The minimum Gasteiger partial charge on any atom is -0.497 e. The predicted octanol–water partition coefficient (Wildman–Crippen LogP) is 3.07. The van der Waals surface area contributed by atoms with Gasteiger partial charge in [-0.25, -0.2) is 17.7 Å². The van der Waals surface area contributed by atoms with Crippen LogP contribution in [-0.4, -0.2) is 83.0 Å². The largest absolute Gasteiger partial charge is 0.497 e. The van der Waals surface area contributed by atoms with Gasteiger partial charge >= 0.3 is 0 Å². The lowest BCUT2D eigenvalue weighted by atomic mass is 9.81. The fourth-order valence-corrected chi connectivity index (χ4v) is 7.31. The number of hydrogen-bond donors (Lipinski definition) is 0. The van der Waals surface area contributed by atoms with E-state index in [-0.39, 0.29) is 50.8 Å². The number of anilines is 1. The molecule has 3 aromatic rings. The first-order valence-electron chi connectivity index (χ1n) is 12.8. The number of likely N-dealkylation sites (N-methyl/N-ethyl adjacent to an activating group) is 1. The molecule has 0 saturated heterocycles. The van der Waals surface area contributed by atoms with E-state index < -0.39 is 27.5 Å². The second-order valence-electron chi connectivity index (χ2n) is 9.78. The van der Waals surface area contributed by atoms with Gasteiger partial charge in [0.25, 0.3) is 15.9 Å². The van der Waals surface area contributed by atoms with Crippen LogP contribution in [0.2, 0.25) is 5.02 Å². The van der Waals surface area contributed by atoms with Gasteiger partial charge in [-0.15, -0.1) is 0 Å². The summed E-state index contributed by atoms with van der Waals surface area (Å²) in [6, 6.07) is 11.0. The van der Waals surface area contributed by atoms with Gasteiger partial charge < -0.3 is 19.1 Å². The number of hydrogen-bond acceptors (Lipinski definition) is 9. The van der Waals surface area contributed by atoms with Crippen LogP contribution in [0.4, 0.5) is 5.69 Å². The van der Waals surface area contributed by atoms with Gasteiger partial charge in [0.1, 0.15) is 22.4 Å². The fourth-order valence-electron chi connectivity index (χ4n) is 5.54. The number of carbonyl (C=O) groups is 2. The Balaban J connectivity index is 1.85. The van der Waals surface area contributed by atoms with Crippen LogP contribution in [0.15, 0.2) is 71.8 Å². The van der Waals surface area contributed by atoms with Gasteiger partial charge in [-0.2, -0.15) is 0 Å². The summed E-state index contributed by atoms with van der Waals surface area (Å²) in [4.78, 5) is 35.7. The third-order valence-electron chi connectivity index (χ3n) is 7.39. The minimum absolute atomic E-state index is 0.0161. The Morgan fingerprint density at radius 3 is 2.48 bits per heavy atom. The number of methoxy groups -OCH3 is 3. The summed E-state index contributed by atoms with van der Waals surface area (Å²) >= 11 is 6.51. The Morgan fingerprint density at radius 2 is 1.81 bits per heavy atom. The van der Waals surface area contributed by atoms with E-state index in [0.29, 0.717) is 5.75 Å². The molecule has 2 aliphatic rings. The first kappa shape index (κ1) is 29.4. The number of ether oxygens (including phenoxy) is 3. The second-order valence-corrected chi connectivity index (χ2v) is 12.0. The zero-order valence-corrected chi connectivity index (χ0v) is 25.1. The molecule has 1 aromatic heterocycles. The third kappa shape index (κ3) is 4.29. The average molecular weight is 613 g/mol. The zero-order valence-electron chi connectivity index (χ0n) is 23.6. The Bertz CT molecular complexity index is 1710. The molecule has 0 radical (unpaired) electrons. The number of pyridine rings is 1. The molecule has 0 aliphatic carbocycles. The van der Waals surface area contributed by atoms with Crippen molar-refractivity contribution in [3.8, 4) is 17.4 Å². The SMILES string of the molecule is COc1ccc(S(=O)(=O)N2C(=O)C(c3cccnc3OC)(N3CC=C[C@H]3C(=O)N(C)C)c3cc(Cl)ccc32)c(OC)c1. The van der Waals surface area contributed by atoms with Gasteiger partial charge in [-0.1, -0.05) is 23.8 Å². The monoisotopic (exact) mass is 612 g/mol. The standard InChI is InChI=1S/C29H29ClN4O7S/c1-32(2)27(35)23-9-7-15-33(23)29(20-8-6-14-31-26(20)41-5)21-16-18(30)10-12-22(21)34(28(29)36)42(37,38)25-13-11-19(39-3)17-24(25)40-4/h6-14,16-17,23H,15H2,1-5H3/t23-,29?/m0/s1. The molecular formula is C29H29ClN4O7S. The molecule has 2 aliphatic heterocycles. The molecule has 42 heavy (non-hydrogen) atoms. The summed E-state index contributed by atoms with van der Waals surface area (Å²) in [5, 5.41) is 0.262. The maximum atomic E-state index is 15.1. The molecule has 1 unspecified atom stereocenters. The lowest BCUT2D eigenvalue weighted by molar-refractivity contribution is -0.137. The third-order valence-corrected chi connectivity index (χ3v) is 9.36. The Labute approximate surface area is 248 Å². The van der Waals surface area contributed by atoms with Crippen molar-refractivity contribution in [1.82, 2.24) is 14.8 Å². The van der Waals surface area contributed by atoms with Crippen molar-refractivity contribution in [1.29, 1.82) is 0 Å². The van der Waals surface area contributed by atoms with Gasteiger partial charge in [-0.05, 0) is 42.5 Å². The summed E-state index contributed by atoms with van der Waals surface area (Å²) in [7, 11) is 2.78. The maximum Gasteiger partial charge on any atom is 0.274 e. The van der Waals surface area contributed by atoms with Crippen molar-refractivity contribution in [3.63, 3.8) is 0 Å². The number of fused-ring (bicyclic) bond motifs is 1. The van der Waals surface area contributed by atoms with Crippen molar-refractivity contribution < 1.29 is 32.2 Å². The van der Waals surface area contributed by atoms with E-state index in [1.165, 1.54) is 68.8 Å². The van der Waals surface area contributed by atoms with Crippen LogP contribution in [0.1, 0.15) is 11.1 Å². The summed E-state index contributed by atoms with van der Waals surface area (Å²) < 4.78 is 45.9. The topological polar surface area (TPSA) is 119 Å². The van der Waals surface area contributed by atoms with E-state index in [1.54, 1.807) is 43.3 Å². The maximum absolute atomic E-state index is 15.1. The first-order valence-corrected chi connectivity index (χ1v) is 14.6. The number of halogens is 1.